The van der Waals surface area contributed by atoms with Crippen LogP contribution in [0.25, 0.3) is 65.9 Å². The predicted octanol–water partition coefficient (Wildman–Crippen LogP) is 12.1. The second-order valence-corrected chi connectivity index (χ2v) is 11.6. The molecule has 7 aromatic carbocycles. The molecule has 0 bridgehead atoms. The highest BCUT2D eigenvalue weighted by molar-refractivity contribution is 6.19. The lowest BCUT2D eigenvalue weighted by atomic mass is 9.95. The van der Waals surface area contributed by atoms with Crippen LogP contribution in [0.1, 0.15) is 0 Å². The van der Waals surface area contributed by atoms with Gasteiger partial charge in [-0.3, -0.25) is 4.98 Å². The van der Waals surface area contributed by atoms with Crippen LogP contribution in [0.15, 0.2) is 174 Å². The summed E-state index contributed by atoms with van der Waals surface area (Å²) in [6.45, 7) is 0. The Balaban J connectivity index is 1.33. The molecule has 0 saturated heterocycles. The highest BCUT2D eigenvalue weighted by Gasteiger charge is 2.23. The van der Waals surface area contributed by atoms with E-state index in [2.05, 4.69) is 163 Å². The van der Waals surface area contributed by atoms with Gasteiger partial charge >= 0.3 is 0 Å². The number of fused-ring (bicyclic) bond motifs is 6. The van der Waals surface area contributed by atoms with Crippen LogP contribution in [-0.2, 0) is 0 Å². The van der Waals surface area contributed by atoms with Gasteiger partial charge in [-0.25, -0.2) is 0 Å². The molecule has 0 unspecified atom stereocenters. The number of benzene rings is 7. The summed E-state index contributed by atoms with van der Waals surface area (Å²) in [5.74, 6) is 0. The van der Waals surface area contributed by atoms with Gasteiger partial charge in [0.1, 0.15) is 11.1 Å². The Morgan fingerprint density at radius 2 is 1.15 bits per heavy atom. The van der Waals surface area contributed by atoms with Crippen molar-refractivity contribution in [3.8, 4) is 22.3 Å². The van der Waals surface area contributed by atoms with Crippen LogP contribution in [0.2, 0.25) is 0 Å². The maximum Gasteiger partial charge on any atom is 0.161 e. The molecular weight excluding hydrogens is 560 g/mol. The molecule has 0 radical (unpaired) electrons. The van der Waals surface area contributed by atoms with E-state index in [4.69, 9.17) is 9.40 Å². The summed E-state index contributed by atoms with van der Waals surface area (Å²) in [5.41, 5.74) is 10.4. The van der Waals surface area contributed by atoms with Crippen molar-refractivity contribution >= 4 is 60.7 Å². The number of para-hydroxylation sites is 1. The Morgan fingerprint density at radius 3 is 2.07 bits per heavy atom. The van der Waals surface area contributed by atoms with E-state index in [0.717, 1.165) is 55.5 Å². The van der Waals surface area contributed by atoms with Crippen LogP contribution < -0.4 is 4.90 Å². The monoisotopic (exact) mass is 588 g/mol. The van der Waals surface area contributed by atoms with E-state index in [-0.39, 0.29) is 0 Å². The molecule has 46 heavy (non-hydrogen) atoms. The molecule has 3 heteroatoms. The van der Waals surface area contributed by atoms with Gasteiger partial charge in [0.2, 0.25) is 0 Å². The van der Waals surface area contributed by atoms with Gasteiger partial charge in [-0.2, -0.15) is 0 Å². The first-order valence-corrected chi connectivity index (χ1v) is 15.6. The van der Waals surface area contributed by atoms with Gasteiger partial charge in [0.15, 0.2) is 5.58 Å². The summed E-state index contributed by atoms with van der Waals surface area (Å²) in [5, 5.41) is 5.61. The van der Waals surface area contributed by atoms with Gasteiger partial charge in [0.05, 0.1) is 16.8 Å². The highest BCUT2D eigenvalue weighted by atomic mass is 16.3. The van der Waals surface area contributed by atoms with E-state index < -0.39 is 0 Å². The van der Waals surface area contributed by atoms with Crippen LogP contribution in [0.3, 0.4) is 0 Å². The molecular formula is C43H28N2O. The van der Waals surface area contributed by atoms with E-state index in [1.165, 1.54) is 27.5 Å². The minimum absolute atomic E-state index is 0.808. The van der Waals surface area contributed by atoms with Gasteiger partial charge in [-0.1, -0.05) is 121 Å². The third kappa shape index (κ3) is 4.25. The Bertz CT molecular complexity index is 2530. The zero-order valence-corrected chi connectivity index (χ0v) is 25.0. The quantitative estimate of drug-likeness (QED) is 0.200. The van der Waals surface area contributed by atoms with Crippen molar-refractivity contribution in [2.45, 2.75) is 0 Å². The molecule has 2 aromatic heterocycles. The summed E-state index contributed by atoms with van der Waals surface area (Å²) in [4.78, 5) is 7.09. The molecule has 0 amide bonds. The summed E-state index contributed by atoms with van der Waals surface area (Å²) in [6, 6.07) is 57.9. The van der Waals surface area contributed by atoms with Crippen LogP contribution in [0.5, 0.6) is 0 Å². The molecule has 0 aliphatic carbocycles. The van der Waals surface area contributed by atoms with Crippen LogP contribution in [0.4, 0.5) is 17.1 Å². The fourth-order valence-electron chi connectivity index (χ4n) is 6.79. The van der Waals surface area contributed by atoms with E-state index in [1.54, 1.807) is 0 Å². The lowest BCUT2D eigenvalue weighted by Gasteiger charge is -2.29. The minimum Gasteiger partial charge on any atom is -0.454 e. The molecule has 0 aliphatic heterocycles. The topological polar surface area (TPSA) is 29.3 Å². The number of rotatable bonds is 5. The maximum atomic E-state index is 6.59. The van der Waals surface area contributed by atoms with Gasteiger partial charge < -0.3 is 9.32 Å². The van der Waals surface area contributed by atoms with E-state index in [9.17, 15) is 0 Å². The SMILES string of the molecule is c1ccc(-c2ccc(N(c3ccccc3-c3cccc4ccccc34)c3cccc4oc5c(ccc6cccnc65)c34)cc2)cc1. The molecule has 9 aromatic rings. The summed E-state index contributed by atoms with van der Waals surface area (Å²) >= 11 is 0. The minimum atomic E-state index is 0.808. The van der Waals surface area contributed by atoms with Crippen LogP contribution >= 0.6 is 0 Å². The van der Waals surface area contributed by atoms with Crippen molar-refractivity contribution in [3.63, 3.8) is 0 Å². The number of aromatic nitrogens is 1. The maximum absolute atomic E-state index is 6.59. The molecule has 0 fully saturated rings. The van der Waals surface area contributed by atoms with Crippen molar-refractivity contribution in [1.29, 1.82) is 0 Å². The zero-order valence-electron chi connectivity index (χ0n) is 25.0. The standard InChI is InChI=1S/C43H28N2O/c1-2-11-29(12-3-1)30-22-25-33(26-23-30)45(38-19-7-6-17-36(38)35-18-8-14-31-13-4-5-16-34(31)35)39-20-9-21-40-41(39)37-27-24-32-15-10-28-44-42(32)43(37)46-40/h1-28H. The molecule has 0 saturated carbocycles. The first-order valence-electron chi connectivity index (χ1n) is 15.6. The van der Waals surface area contributed by atoms with Crippen molar-refractivity contribution in [2.75, 3.05) is 4.90 Å². The van der Waals surface area contributed by atoms with Gasteiger partial charge in [0, 0.05) is 28.2 Å². The van der Waals surface area contributed by atoms with E-state index in [1.807, 2.05) is 12.3 Å². The molecule has 3 nitrogen and oxygen atoms in total. The fourth-order valence-corrected chi connectivity index (χ4v) is 6.79. The lowest BCUT2D eigenvalue weighted by molar-refractivity contribution is 0.671. The highest BCUT2D eigenvalue weighted by Crippen LogP contribution is 2.47. The van der Waals surface area contributed by atoms with Crippen molar-refractivity contribution in [3.05, 3.63) is 170 Å². The number of furan rings is 1. The van der Waals surface area contributed by atoms with Gasteiger partial charge in [-0.15, -0.1) is 0 Å². The average Bonchev–Trinajstić information content (AvgIpc) is 3.53. The Labute approximate surface area is 266 Å². The molecule has 0 atom stereocenters. The predicted molar refractivity (Wildman–Crippen MR) is 192 cm³/mol. The summed E-state index contributed by atoms with van der Waals surface area (Å²) in [6.07, 6.45) is 1.83. The first-order chi connectivity index (χ1) is 22.8. The largest absolute Gasteiger partial charge is 0.454 e. The molecule has 0 N–H and O–H groups in total. The van der Waals surface area contributed by atoms with E-state index in [0.29, 0.717) is 0 Å². The fraction of sp³-hybridized carbons (Fsp3) is 0. The smallest absolute Gasteiger partial charge is 0.161 e. The van der Waals surface area contributed by atoms with Gasteiger partial charge in [-0.05, 0) is 69.9 Å². The number of hydrogen-bond acceptors (Lipinski definition) is 3. The molecule has 0 spiro atoms. The lowest BCUT2D eigenvalue weighted by Crippen LogP contribution is -2.11. The number of nitrogens with zero attached hydrogens (tertiary/aromatic N) is 2. The second-order valence-electron chi connectivity index (χ2n) is 11.6. The third-order valence-electron chi connectivity index (χ3n) is 8.91. The van der Waals surface area contributed by atoms with Crippen molar-refractivity contribution < 1.29 is 4.42 Å². The van der Waals surface area contributed by atoms with Crippen molar-refractivity contribution in [1.82, 2.24) is 4.98 Å². The summed E-state index contributed by atoms with van der Waals surface area (Å²) in [7, 11) is 0. The number of anilines is 3. The molecule has 2 heterocycles. The normalized spacial score (nSPS) is 11.5. The Kier molecular flexibility index (Phi) is 6.14. The molecule has 9 rings (SSSR count). The molecule has 216 valence electrons. The van der Waals surface area contributed by atoms with Crippen LogP contribution in [-0.4, -0.2) is 4.98 Å². The Hall–Kier alpha value is -6.19. The number of pyridine rings is 1. The van der Waals surface area contributed by atoms with Gasteiger partial charge in [0.25, 0.3) is 0 Å². The number of hydrogen-bond donors (Lipinski definition) is 0. The van der Waals surface area contributed by atoms with Crippen molar-refractivity contribution in [2.24, 2.45) is 0 Å². The van der Waals surface area contributed by atoms with E-state index >= 15 is 0 Å². The summed E-state index contributed by atoms with van der Waals surface area (Å²) < 4.78 is 6.59. The Morgan fingerprint density at radius 1 is 0.457 bits per heavy atom. The average molecular weight is 589 g/mol. The first kappa shape index (κ1) is 26.2. The second kappa shape index (κ2) is 10.8. The third-order valence-corrected chi connectivity index (χ3v) is 8.91. The zero-order chi connectivity index (χ0) is 30.5. The molecule has 0 aliphatic rings. The van der Waals surface area contributed by atoms with Crippen LogP contribution in [0, 0.1) is 0 Å².